The monoisotopic (exact) mass is 398 g/mol. The van der Waals surface area contributed by atoms with Crippen molar-refractivity contribution in [2.75, 3.05) is 0 Å². The van der Waals surface area contributed by atoms with Crippen molar-refractivity contribution in [3.63, 3.8) is 0 Å². The third-order valence-electron chi connectivity index (χ3n) is 1.41. The van der Waals surface area contributed by atoms with Gasteiger partial charge < -0.3 is 9.84 Å². The second-order valence-electron chi connectivity index (χ2n) is 2.43. The molecule has 1 aromatic carbocycles. The fourth-order valence-electron chi connectivity index (χ4n) is 0.765. The maximum Gasteiger partial charge on any atom is 0.331 e. The van der Waals surface area contributed by atoms with Crippen LogP contribution in [-0.2, 0) is 4.79 Å². The number of carboxylic acid groups (broad SMARTS) is 1. The molecule has 6 heteroatoms. The van der Waals surface area contributed by atoms with Crippen molar-refractivity contribution in [3.8, 4) is 5.75 Å². The van der Waals surface area contributed by atoms with Gasteiger partial charge >= 0.3 is 5.97 Å². The number of aliphatic carboxylic acids is 1. The normalized spacial score (nSPS) is 10.6. The fourth-order valence-corrected chi connectivity index (χ4v) is 2.13. The van der Waals surface area contributed by atoms with E-state index >= 15 is 0 Å². The molecule has 3 nitrogen and oxygen atoms in total. The van der Waals surface area contributed by atoms with Crippen molar-refractivity contribution in [3.05, 3.63) is 37.9 Å². The highest BCUT2D eigenvalue weighted by atomic mass is 79.9. The van der Waals surface area contributed by atoms with Crippen LogP contribution in [0.3, 0.4) is 0 Å². The van der Waals surface area contributed by atoms with E-state index < -0.39 is 5.97 Å². The molecule has 80 valence electrons. The van der Waals surface area contributed by atoms with Crippen LogP contribution in [0.15, 0.2) is 37.9 Å². The van der Waals surface area contributed by atoms with Crippen LogP contribution >= 0.6 is 47.8 Å². The third-order valence-corrected chi connectivity index (χ3v) is 4.74. The molecule has 1 aromatic rings. The van der Waals surface area contributed by atoms with Crippen LogP contribution in [0.4, 0.5) is 0 Å². The van der Waals surface area contributed by atoms with Crippen LogP contribution in [0.5, 0.6) is 5.75 Å². The zero-order valence-electron chi connectivity index (χ0n) is 7.21. The van der Waals surface area contributed by atoms with Gasteiger partial charge in [-0.25, -0.2) is 4.79 Å². The van der Waals surface area contributed by atoms with Crippen molar-refractivity contribution in [1.82, 2.24) is 0 Å². The zero-order chi connectivity index (χ0) is 11.4. The molecule has 0 atom stereocenters. The van der Waals surface area contributed by atoms with E-state index in [1.165, 1.54) is 0 Å². The Hall–Kier alpha value is -0.330. The predicted octanol–water partition coefficient (Wildman–Crippen LogP) is 3.95. The molecular formula is C9H5Br3O3. The van der Waals surface area contributed by atoms with Crippen molar-refractivity contribution in [1.29, 1.82) is 0 Å². The Morgan fingerprint density at radius 3 is 2.53 bits per heavy atom. The second-order valence-corrected chi connectivity index (χ2v) is 4.87. The third kappa shape index (κ3) is 3.62. The molecule has 0 unspecified atom stereocenters. The average Bonchev–Trinajstić information content (AvgIpc) is 2.18. The van der Waals surface area contributed by atoms with E-state index in [2.05, 4.69) is 47.8 Å². The summed E-state index contributed by atoms with van der Waals surface area (Å²) in [5.74, 6) is -0.523. The van der Waals surface area contributed by atoms with Gasteiger partial charge in [0.2, 0.25) is 0 Å². The molecule has 0 saturated carbocycles. The molecule has 0 aromatic heterocycles. The number of halogens is 3. The van der Waals surface area contributed by atoms with Crippen LogP contribution in [0.1, 0.15) is 0 Å². The minimum atomic E-state index is -1.05. The summed E-state index contributed by atoms with van der Waals surface area (Å²) in [6, 6.07) is 3.50. The molecule has 0 radical (unpaired) electrons. The lowest BCUT2D eigenvalue weighted by Crippen LogP contribution is -1.90. The number of ether oxygens (including phenoxy) is 1. The largest absolute Gasteiger partial charge is 0.478 e. The van der Waals surface area contributed by atoms with Crippen molar-refractivity contribution in [2.45, 2.75) is 0 Å². The molecule has 0 amide bonds. The fraction of sp³-hybridized carbons (Fsp3) is 0. The first-order chi connectivity index (χ1) is 7.02. The van der Waals surface area contributed by atoms with Gasteiger partial charge in [-0.3, -0.25) is 0 Å². The molecule has 0 aliphatic rings. The maximum absolute atomic E-state index is 10.2. The number of hydrogen-bond donors (Lipinski definition) is 1. The van der Waals surface area contributed by atoms with Crippen LogP contribution in [0.25, 0.3) is 0 Å². The van der Waals surface area contributed by atoms with Gasteiger partial charge in [-0.2, -0.15) is 0 Å². The topological polar surface area (TPSA) is 46.5 Å². The molecule has 15 heavy (non-hydrogen) atoms. The van der Waals surface area contributed by atoms with E-state index in [4.69, 9.17) is 9.84 Å². The molecule has 0 aliphatic heterocycles. The lowest BCUT2D eigenvalue weighted by molar-refractivity contribution is -0.131. The van der Waals surface area contributed by atoms with Gasteiger partial charge in [0.1, 0.15) is 5.75 Å². The minimum absolute atomic E-state index is 0.530. The molecule has 1 N–H and O–H groups in total. The van der Waals surface area contributed by atoms with Gasteiger partial charge in [-0.05, 0) is 59.9 Å². The Morgan fingerprint density at radius 1 is 1.27 bits per heavy atom. The quantitative estimate of drug-likeness (QED) is 0.474. The van der Waals surface area contributed by atoms with E-state index in [0.717, 1.165) is 21.3 Å². The molecule has 0 bridgehead atoms. The Balaban J connectivity index is 2.87. The van der Waals surface area contributed by atoms with Crippen LogP contribution in [0.2, 0.25) is 0 Å². The Bertz CT molecular complexity index is 415. The van der Waals surface area contributed by atoms with Crippen molar-refractivity contribution >= 4 is 53.8 Å². The second kappa shape index (κ2) is 5.67. The van der Waals surface area contributed by atoms with E-state index in [0.29, 0.717) is 10.2 Å². The lowest BCUT2D eigenvalue weighted by Gasteiger charge is -2.05. The molecular weight excluding hydrogens is 396 g/mol. The van der Waals surface area contributed by atoms with E-state index in [1.54, 1.807) is 12.1 Å². The summed E-state index contributed by atoms with van der Waals surface area (Å²) >= 11 is 9.98. The highest BCUT2D eigenvalue weighted by Crippen LogP contribution is 2.37. The lowest BCUT2D eigenvalue weighted by atomic mass is 10.3. The molecule has 0 aliphatic carbocycles. The number of carbonyl (C=O) groups is 1. The highest BCUT2D eigenvalue weighted by Gasteiger charge is 2.07. The Labute approximate surface area is 112 Å². The number of carboxylic acids is 1. The molecule has 0 heterocycles. The summed E-state index contributed by atoms with van der Waals surface area (Å²) in [6.45, 7) is 0. The number of hydrogen-bond acceptors (Lipinski definition) is 2. The molecule has 0 fully saturated rings. The van der Waals surface area contributed by atoms with Gasteiger partial charge in [0.25, 0.3) is 0 Å². The van der Waals surface area contributed by atoms with Gasteiger partial charge in [-0.1, -0.05) is 0 Å². The number of benzene rings is 1. The Kier molecular flexibility index (Phi) is 4.82. The molecule has 1 rings (SSSR count). The highest BCUT2D eigenvalue weighted by molar-refractivity contribution is 9.14. The smallest absolute Gasteiger partial charge is 0.331 e. The summed E-state index contributed by atoms with van der Waals surface area (Å²) in [5.41, 5.74) is 0. The average molecular weight is 401 g/mol. The first-order valence-corrected chi connectivity index (χ1v) is 6.10. The first-order valence-electron chi connectivity index (χ1n) is 3.72. The summed E-state index contributed by atoms with van der Waals surface area (Å²) in [5, 5.41) is 8.36. The van der Waals surface area contributed by atoms with Crippen molar-refractivity contribution in [2.24, 2.45) is 0 Å². The molecule has 0 saturated heterocycles. The van der Waals surface area contributed by atoms with Gasteiger partial charge in [0, 0.05) is 8.95 Å². The van der Waals surface area contributed by atoms with E-state index in [-0.39, 0.29) is 0 Å². The van der Waals surface area contributed by atoms with E-state index in [9.17, 15) is 4.79 Å². The van der Waals surface area contributed by atoms with Gasteiger partial charge in [0.15, 0.2) is 0 Å². The van der Waals surface area contributed by atoms with E-state index in [1.807, 2.05) is 0 Å². The summed E-state index contributed by atoms with van der Waals surface area (Å²) < 4.78 is 7.53. The van der Waals surface area contributed by atoms with Crippen LogP contribution in [0, 0.1) is 0 Å². The first kappa shape index (κ1) is 12.7. The van der Waals surface area contributed by atoms with Crippen LogP contribution in [-0.4, -0.2) is 11.1 Å². The minimum Gasteiger partial charge on any atom is -0.478 e. The standard InChI is InChI=1S/C9H5Br3O3/c10-5-1-2-6(9(12)8(5)11)15-4-3-7(13)14/h1-4H,(H,13,14). The Morgan fingerprint density at radius 2 is 1.93 bits per heavy atom. The number of rotatable bonds is 3. The molecule has 0 spiro atoms. The summed E-state index contributed by atoms with van der Waals surface area (Å²) in [7, 11) is 0. The summed E-state index contributed by atoms with van der Waals surface area (Å²) in [6.07, 6.45) is 2.03. The summed E-state index contributed by atoms with van der Waals surface area (Å²) in [4.78, 5) is 10.2. The van der Waals surface area contributed by atoms with Crippen LogP contribution < -0.4 is 4.74 Å². The predicted molar refractivity (Wildman–Crippen MR) is 66.9 cm³/mol. The van der Waals surface area contributed by atoms with Gasteiger partial charge in [-0.15, -0.1) is 0 Å². The zero-order valence-corrected chi connectivity index (χ0v) is 12.0. The SMILES string of the molecule is O=C(O)C=COc1ccc(Br)c(Br)c1Br. The van der Waals surface area contributed by atoms with Crippen molar-refractivity contribution < 1.29 is 14.6 Å². The maximum atomic E-state index is 10.2. The van der Waals surface area contributed by atoms with Gasteiger partial charge in [0.05, 0.1) is 16.8 Å².